The number of carbonyl (C=O) groups is 2. The van der Waals surface area contributed by atoms with Gasteiger partial charge in [-0.15, -0.1) is 5.10 Å². The fourth-order valence-corrected chi connectivity index (χ4v) is 4.88. The van der Waals surface area contributed by atoms with Crippen LogP contribution in [0.15, 0.2) is 54.6 Å². The van der Waals surface area contributed by atoms with Gasteiger partial charge in [-0.2, -0.15) is 0 Å². The summed E-state index contributed by atoms with van der Waals surface area (Å²) >= 11 is 0. The normalized spacial score (nSPS) is 17.3. The Kier molecular flexibility index (Phi) is 8.79. The van der Waals surface area contributed by atoms with Crippen molar-refractivity contribution in [2.45, 2.75) is 32.2 Å². The fourth-order valence-electron chi connectivity index (χ4n) is 4.88. The zero-order valence-electron chi connectivity index (χ0n) is 21.0. The van der Waals surface area contributed by atoms with Gasteiger partial charge < -0.3 is 25.1 Å². The van der Waals surface area contributed by atoms with Crippen LogP contribution >= 0.6 is 0 Å². The molecular weight excluding hydrogens is 474 g/mol. The molecule has 1 aliphatic carbocycles. The minimum absolute atomic E-state index is 0.255. The van der Waals surface area contributed by atoms with Gasteiger partial charge in [-0.1, -0.05) is 42.5 Å². The molecule has 9 nitrogen and oxygen atoms in total. The molecule has 0 atom stereocenters. The molecule has 4 rings (SSSR count). The third-order valence-corrected chi connectivity index (χ3v) is 6.65. The molecule has 1 aromatic heterocycles. The summed E-state index contributed by atoms with van der Waals surface area (Å²) in [6, 6.07) is 17.7. The van der Waals surface area contributed by atoms with Gasteiger partial charge in [0.15, 0.2) is 6.61 Å². The number of amides is 1. The van der Waals surface area contributed by atoms with Crippen LogP contribution in [0, 0.1) is 11.8 Å². The molecule has 3 aromatic rings. The van der Waals surface area contributed by atoms with Crippen molar-refractivity contribution in [3.63, 3.8) is 0 Å². The number of benzene rings is 2. The maximum atomic E-state index is 11.5. The minimum atomic E-state index is -0.943. The van der Waals surface area contributed by atoms with Crippen LogP contribution in [0.4, 0.5) is 0 Å². The smallest absolute Gasteiger partial charge is 0.329 e. The van der Waals surface area contributed by atoms with E-state index in [0.717, 1.165) is 48.1 Å². The summed E-state index contributed by atoms with van der Waals surface area (Å²) in [5, 5.41) is 13.6. The average Bonchev–Trinajstić information content (AvgIpc) is 3.26. The number of primary amides is 1. The summed E-state index contributed by atoms with van der Waals surface area (Å²) in [6.07, 6.45) is 3.92. The molecule has 0 radical (unpaired) electrons. The summed E-state index contributed by atoms with van der Waals surface area (Å²) in [5.74, 6) is 0.289. The molecule has 0 unspecified atom stereocenters. The highest BCUT2D eigenvalue weighted by molar-refractivity contribution is 5.86. The Morgan fingerprint density at radius 3 is 2.38 bits per heavy atom. The second-order valence-electron chi connectivity index (χ2n) is 9.36. The number of nitrogens with two attached hydrogens (primary N) is 1. The number of ether oxygens (including phenoxy) is 3. The van der Waals surface area contributed by atoms with Gasteiger partial charge in [0.25, 0.3) is 5.91 Å². The first-order chi connectivity index (χ1) is 17.9. The van der Waals surface area contributed by atoms with Crippen LogP contribution in [0.25, 0.3) is 22.4 Å². The Morgan fingerprint density at radius 2 is 1.70 bits per heavy atom. The summed E-state index contributed by atoms with van der Waals surface area (Å²) in [7, 11) is 1.62. The maximum absolute atomic E-state index is 11.5. The lowest BCUT2D eigenvalue weighted by Crippen LogP contribution is -2.23. The van der Waals surface area contributed by atoms with E-state index in [0.29, 0.717) is 36.6 Å². The number of methoxy groups -OCH3 is 1. The predicted octanol–water partition coefficient (Wildman–Crippen LogP) is 4.00. The van der Waals surface area contributed by atoms with Crippen LogP contribution in [-0.4, -0.2) is 53.7 Å². The molecule has 1 heterocycles. The third-order valence-electron chi connectivity index (χ3n) is 6.65. The standard InChI is InChI=1S/C28H33N3O6/c1-35-23-9-5-8-22(14-23)26-27(21-6-3-2-4-7-21)31(30-28(26)37-17-24(29)32)15-19-10-12-20(13-11-19)16-36-18-25(33)34/h2-9,14,19-20H,10-13,15-18H2,1H3,(H2,29,32)(H,33,34)/t19-,20-. The molecule has 1 amide bonds. The average molecular weight is 508 g/mol. The number of hydrogen-bond acceptors (Lipinski definition) is 6. The second-order valence-corrected chi connectivity index (χ2v) is 9.36. The van der Waals surface area contributed by atoms with Crippen molar-refractivity contribution in [2.75, 3.05) is 26.9 Å². The molecule has 37 heavy (non-hydrogen) atoms. The second kappa shape index (κ2) is 12.4. The number of carboxylic acid groups (broad SMARTS) is 1. The van der Waals surface area contributed by atoms with Gasteiger partial charge in [0.2, 0.25) is 5.88 Å². The van der Waals surface area contributed by atoms with Crippen LogP contribution in [-0.2, 0) is 20.9 Å². The van der Waals surface area contributed by atoms with Crippen molar-refractivity contribution in [1.82, 2.24) is 9.78 Å². The van der Waals surface area contributed by atoms with E-state index < -0.39 is 11.9 Å². The van der Waals surface area contributed by atoms with Crippen molar-refractivity contribution in [3.05, 3.63) is 54.6 Å². The monoisotopic (exact) mass is 507 g/mol. The lowest BCUT2D eigenvalue weighted by Gasteiger charge is -2.28. The molecule has 1 fully saturated rings. The van der Waals surface area contributed by atoms with Gasteiger partial charge in [0.05, 0.1) is 25.0 Å². The summed E-state index contributed by atoms with van der Waals surface area (Å²) in [4.78, 5) is 22.3. The number of hydrogen-bond donors (Lipinski definition) is 2. The van der Waals surface area contributed by atoms with Crippen molar-refractivity contribution in [3.8, 4) is 34.0 Å². The summed E-state index contributed by atoms with van der Waals surface area (Å²) in [5.41, 5.74) is 8.91. The molecule has 0 aliphatic heterocycles. The van der Waals surface area contributed by atoms with Crippen molar-refractivity contribution >= 4 is 11.9 Å². The first kappa shape index (κ1) is 26.2. The number of carboxylic acids is 1. The highest BCUT2D eigenvalue weighted by Gasteiger charge is 2.27. The highest BCUT2D eigenvalue weighted by atomic mass is 16.5. The van der Waals surface area contributed by atoms with Crippen molar-refractivity contribution in [2.24, 2.45) is 17.6 Å². The number of nitrogens with zero attached hydrogens (tertiary/aromatic N) is 2. The Labute approximate surface area is 216 Å². The van der Waals surface area contributed by atoms with Crippen molar-refractivity contribution in [1.29, 1.82) is 0 Å². The van der Waals surface area contributed by atoms with Crippen LogP contribution in [0.3, 0.4) is 0 Å². The van der Waals surface area contributed by atoms with Gasteiger partial charge in [-0.05, 0) is 55.2 Å². The van der Waals surface area contributed by atoms with E-state index >= 15 is 0 Å². The predicted molar refractivity (Wildman–Crippen MR) is 138 cm³/mol. The molecular formula is C28H33N3O6. The highest BCUT2D eigenvalue weighted by Crippen LogP contribution is 2.41. The Hall–Kier alpha value is -3.85. The van der Waals surface area contributed by atoms with E-state index in [2.05, 4.69) is 0 Å². The van der Waals surface area contributed by atoms with Crippen LogP contribution in [0.1, 0.15) is 25.7 Å². The van der Waals surface area contributed by atoms with Gasteiger partial charge >= 0.3 is 5.97 Å². The number of aliphatic carboxylic acids is 1. The van der Waals surface area contributed by atoms with Gasteiger partial charge in [0, 0.05) is 12.1 Å². The molecule has 196 valence electrons. The number of aromatic nitrogens is 2. The molecule has 3 N–H and O–H groups in total. The van der Waals surface area contributed by atoms with Crippen LogP contribution < -0.4 is 15.2 Å². The van der Waals surface area contributed by atoms with E-state index in [-0.39, 0.29) is 13.2 Å². The minimum Gasteiger partial charge on any atom is -0.497 e. The molecule has 2 aromatic carbocycles. The van der Waals surface area contributed by atoms with E-state index in [1.165, 1.54) is 0 Å². The van der Waals surface area contributed by atoms with Crippen LogP contribution in [0.5, 0.6) is 11.6 Å². The van der Waals surface area contributed by atoms with Crippen molar-refractivity contribution < 1.29 is 28.9 Å². The van der Waals surface area contributed by atoms with Gasteiger partial charge in [-0.3, -0.25) is 9.48 Å². The molecule has 9 heteroatoms. The van der Waals surface area contributed by atoms with Gasteiger partial charge in [-0.25, -0.2) is 4.79 Å². The van der Waals surface area contributed by atoms with E-state index in [1.54, 1.807) is 7.11 Å². The zero-order chi connectivity index (χ0) is 26.2. The molecule has 1 saturated carbocycles. The van der Waals surface area contributed by atoms with E-state index in [1.807, 2.05) is 59.3 Å². The SMILES string of the molecule is COc1cccc(-c2c(OCC(N)=O)nn(C[C@H]3CC[C@H](COCC(=O)O)CC3)c2-c2ccccc2)c1. The largest absolute Gasteiger partial charge is 0.497 e. The summed E-state index contributed by atoms with van der Waals surface area (Å²) in [6.45, 7) is 0.628. The third kappa shape index (κ3) is 6.89. The lowest BCUT2D eigenvalue weighted by molar-refractivity contribution is -0.142. The first-order valence-electron chi connectivity index (χ1n) is 12.5. The topological polar surface area (TPSA) is 126 Å². The molecule has 1 aliphatic rings. The summed E-state index contributed by atoms with van der Waals surface area (Å²) < 4.78 is 18.6. The van der Waals surface area contributed by atoms with E-state index in [4.69, 9.17) is 30.1 Å². The maximum Gasteiger partial charge on any atom is 0.329 e. The Morgan fingerprint density at radius 1 is 1.00 bits per heavy atom. The van der Waals surface area contributed by atoms with Gasteiger partial charge in [0.1, 0.15) is 12.4 Å². The first-order valence-corrected chi connectivity index (χ1v) is 12.5. The zero-order valence-corrected chi connectivity index (χ0v) is 21.0. The number of carbonyl (C=O) groups excluding carboxylic acids is 1. The Bertz CT molecular complexity index is 1200. The molecule has 0 saturated heterocycles. The molecule has 0 spiro atoms. The fraction of sp³-hybridized carbons (Fsp3) is 0.393. The lowest BCUT2D eigenvalue weighted by atomic mass is 9.82. The Balaban J connectivity index is 1.65. The quantitative estimate of drug-likeness (QED) is 0.379. The molecule has 0 bridgehead atoms. The van der Waals surface area contributed by atoms with Crippen LogP contribution in [0.2, 0.25) is 0 Å². The number of rotatable bonds is 12. The van der Waals surface area contributed by atoms with E-state index in [9.17, 15) is 9.59 Å².